The number of aliphatic imine (C=N–C) groups is 1. The van der Waals surface area contributed by atoms with Gasteiger partial charge in [-0.25, -0.2) is 0 Å². The molecule has 1 heterocycles. The number of unbranched alkanes of at least 4 members (excludes halogenated alkanes) is 3. The standard InChI is InChI=1S/C24H46N4O3.HI/c1-7-19(8-2)22(30)28-17-14-20(15-18-28)27-23(25-6)26-16-12-10-9-11-13-21(29)31-24(3,4)5;/h19-20H,7-18H2,1-6H3,(H2,25,26,27);1H. The van der Waals surface area contributed by atoms with Crippen LogP contribution >= 0.6 is 24.0 Å². The fourth-order valence-electron chi connectivity index (χ4n) is 3.88. The molecule has 2 N–H and O–H groups in total. The second-order valence-corrected chi connectivity index (χ2v) is 9.51. The maximum atomic E-state index is 12.5. The van der Waals surface area contributed by atoms with Crippen molar-refractivity contribution < 1.29 is 14.3 Å². The lowest BCUT2D eigenvalue weighted by Gasteiger charge is -2.34. The summed E-state index contributed by atoms with van der Waals surface area (Å²) in [6, 6.07) is 0.353. The van der Waals surface area contributed by atoms with Crippen LogP contribution in [0.3, 0.4) is 0 Å². The Labute approximate surface area is 212 Å². The Morgan fingerprint density at radius 2 is 1.66 bits per heavy atom. The maximum Gasteiger partial charge on any atom is 0.306 e. The lowest BCUT2D eigenvalue weighted by Crippen LogP contribution is -2.50. The third-order valence-corrected chi connectivity index (χ3v) is 5.73. The van der Waals surface area contributed by atoms with E-state index >= 15 is 0 Å². The van der Waals surface area contributed by atoms with Crippen LogP contribution in [0, 0.1) is 5.92 Å². The summed E-state index contributed by atoms with van der Waals surface area (Å²) in [7, 11) is 1.79. The molecule has 32 heavy (non-hydrogen) atoms. The summed E-state index contributed by atoms with van der Waals surface area (Å²) >= 11 is 0. The highest BCUT2D eigenvalue weighted by Gasteiger charge is 2.26. The zero-order chi connectivity index (χ0) is 23.3. The Morgan fingerprint density at radius 3 is 2.19 bits per heavy atom. The molecule has 8 heteroatoms. The average Bonchev–Trinajstić information content (AvgIpc) is 2.72. The van der Waals surface area contributed by atoms with Gasteiger partial charge in [0.1, 0.15) is 5.60 Å². The third kappa shape index (κ3) is 12.8. The van der Waals surface area contributed by atoms with Gasteiger partial charge in [-0.05, 0) is 59.3 Å². The molecule has 0 saturated carbocycles. The van der Waals surface area contributed by atoms with E-state index in [0.717, 1.165) is 77.0 Å². The van der Waals surface area contributed by atoms with Crippen LogP contribution in [-0.2, 0) is 14.3 Å². The Kier molecular flexibility index (Phi) is 16.0. The van der Waals surface area contributed by atoms with Gasteiger partial charge in [0.2, 0.25) is 5.91 Å². The lowest BCUT2D eigenvalue weighted by molar-refractivity contribution is -0.155. The average molecular weight is 567 g/mol. The number of carbonyl (C=O) groups is 2. The number of hydrogen-bond acceptors (Lipinski definition) is 4. The van der Waals surface area contributed by atoms with Crippen molar-refractivity contribution in [2.45, 2.75) is 104 Å². The topological polar surface area (TPSA) is 83.0 Å². The summed E-state index contributed by atoms with van der Waals surface area (Å²) in [5.74, 6) is 1.21. The molecule has 1 aliphatic heterocycles. The molecule has 188 valence electrons. The Morgan fingerprint density at radius 1 is 1.06 bits per heavy atom. The number of halogens is 1. The van der Waals surface area contributed by atoms with Gasteiger partial charge in [-0.15, -0.1) is 24.0 Å². The minimum Gasteiger partial charge on any atom is -0.460 e. The number of guanidine groups is 1. The summed E-state index contributed by atoms with van der Waals surface area (Å²) in [4.78, 5) is 30.6. The van der Waals surface area contributed by atoms with E-state index in [9.17, 15) is 9.59 Å². The lowest BCUT2D eigenvalue weighted by atomic mass is 9.98. The monoisotopic (exact) mass is 566 g/mol. The predicted octanol–water partition coefficient (Wildman–Crippen LogP) is 4.49. The fourth-order valence-corrected chi connectivity index (χ4v) is 3.88. The van der Waals surface area contributed by atoms with E-state index in [0.29, 0.717) is 18.4 Å². The minimum atomic E-state index is -0.399. The highest BCUT2D eigenvalue weighted by Crippen LogP contribution is 2.17. The maximum absolute atomic E-state index is 12.5. The largest absolute Gasteiger partial charge is 0.460 e. The summed E-state index contributed by atoms with van der Waals surface area (Å²) < 4.78 is 5.33. The van der Waals surface area contributed by atoms with Crippen LogP contribution in [0.2, 0.25) is 0 Å². The molecule has 0 aromatic rings. The van der Waals surface area contributed by atoms with Crippen molar-refractivity contribution >= 4 is 41.8 Å². The second-order valence-electron chi connectivity index (χ2n) is 9.51. The molecule has 0 aromatic carbocycles. The summed E-state index contributed by atoms with van der Waals surface area (Å²) in [6.45, 7) is 12.4. The first-order valence-electron chi connectivity index (χ1n) is 12.2. The van der Waals surface area contributed by atoms with Gasteiger partial charge >= 0.3 is 5.97 Å². The van der Waals surface area contributed by atoms with Gasteiger partial charge in [-0.1, -0.05) is 26.7 Å². The number of amides is 1. The zero-order valence-electron chi connectivity index (χ0n) is 21.2. The summed E-state index contributed by atoms with van der Waals surface area (Å²) in [6.07, 6.45) is 8.25. The number of ether oxygens (including phenoxy) is 1. The Bertz CT molecular complexity index is 566. The molecular weight excluding hydrogens is 519 g/mol. The highest BCUT2D eigenvalue weighted by molar-refractivity contribution is 14.0. The van der Waals surface area contributed by atoms with Crippen LogP contribution in [0.15, 0.2) is 4.99 Å². The third-order valence-electron chi connectivity index (χ3n) is 5.73. The van der Waals surface area contributed by atoms with Crippen molar-refractivity contribution in [1.82, 2.24) is 15.5 Å². The van der Waals surface area contributed by atoms with Crippen LogP contribution < -0.4 is 10.6 Å². The molecule has 1 rings (SSSR count). The molecule has 0 spiro atoms. The van der Waals surface area contributed by atoms with Crippen LogP contribution in [0.4, 0.5) is 0 Å². The number of nitrogens with zero attached hydrogens (tertiary/aromatic N) is 2. The van der Waals surface area contributed by atoms with Crippen LogP contribution in [0.5, 0.6) is 0 Å². The van der Waals surface area contributed by atoms with Crippen molar-refractivity contribution in [2.24, 2.45) is 10.9 Å². The smallest absolute Gasteiger partial charge is 0.306 e. The van der Waals surface area contributed by atoms with Gasteiger partial charge in [0.15, 0.2) is 5.96 Å². The first-order valence-corrected chi connectivity index (χ1v) is 12.2. The molecule has 7 nitrogen and oxygen atoms in total. The van der Waals surface area contributed by atoms with Gasteiger partial charge in [0.25, 0.3) is 0 Å². The Balaban J connectivity index is 0.00000961. The molecule has 0 atom stereocenters. The molecular formula is C24H47IN4O3. The molecule has 1 amide bonds. The van der Waals surface area contributed by atoms with Crippen LogP contribution in [0.25, 0.3) is 0 Å². The first kappa shape index (κ1) is 30.9. The van der Waals surface area contributed by atoms with Gasteiger partial charge in [0.05, 0.1) is 0 Å². The molecule has 1 fully saturated rings. The predicted molar refractivity (Wildman–Crippen MR) is 143 cm³/mol. The van der Waals surface area contributed by atoms with Gasteiger partial charge in [0, 0.05) is 45.1 Å². The molecule has 0 radical (unpaired) electrons. The SMILES string of the molecule is CCC(CC)C(=O)N1CCC(NC(=NC)NCCCCCCC(=O)OC(C)(C)C)CC1.I. The van der Waals surface area contributed by atoms with Crippen molar-refractivity contribution in [2.75, 3.05) is 26.7 Å². The van der Waals surface area contributed by atoms with Crippen molar-refractivity contribution in [3.05, 3.63) is 0 Å². The van der Waals surface area contributed by atoms with Crippen molar-refractivity contribution in [1.29, 1.82) is 0 Å². The summed E-state index contributed by atoms with van der Waals surface area (Å²) in [5, 5.41) is 6.89. The number of nitrogens with one attached hydrogen (secondary N) is 2. The molecule has 0 bridgehead atoms. The van der Waals surface area contributed by atoms with Crippen LogP contribution in [0.1, 0.15) is 92.4 Å². The minimum absolute atomic E-state index is 0. The highest BCUT2D eigenvalue weighted by atomic mass is 127. The van der Waals surface area contributed by atoms with Crippen molar-refractivity contribution in [3.8, 4) is 0 Å². The Hall–Kier alpha value is -1.06. The first-order chi connectivity index (χ1) is 14.7. The fraction of sp³-hybridized carbons (Fsp3) is 0.875. The van der Waals surface area contributed by atoms with E-state index in [1.54, 1.807) is 7.05 Å². The number of hydrogen-bond donors (Lipinski definition) is 2. The van der Waals surface area contributed by atoms with Gasteiger partial charge in [-0.3, -0.25) is 14.6 Å². The normalized spacial score (nSPS) is 15.3. The van der Waals surface area contributed by atoms with E-state index < -0.39 is 5.60 Å². The van der Waals surface area contributed by atoms with E-state index in [4.69, 9.17) is 4.74 Å². The molecule has 1 aliphatic rings. The number of esters is 1. The van der Waals surface area contributed by atoms with Gasteiger partial charge < -0.3 is 20.3 Å². The van der Waals surface area contributed by atoms with E-state index in [1.165, 1.54) is 0 Å². The van der Waals surface area contributed by atoms with E-state index in [-0.39, 0.29) is 35.9 Å². The second kappa shape index (κ2) is 16.5. The van der Waals surface area contributed by atoms with Gasteiger partial charge in [-0.2, -0.15) is 0 Å². The summed E-state index contributed by atoms with van der Waals surface area (Å²) in [5.41, 5.74) is -0.399. The zero-order valence-corrected chi connectivity index (χ0v) is 23.5. The van der Waals surface area contributed by atoms with Crippen molar-refractivity contribution in [3.63, 3.8) is 0 Å². The molecule has 0 unspecified atom stereocenters. The molecule has 1 saturated heterocycles. The molecule has 0 aromatic heterocycles. The number of rotatable bonds is 11. The van der Waals surface area contributed by atoms with E-state index in [2.05, 4.69) is 29.5 Å². The number of carbonyl (C=O) groups excluding carboxylic acids is 2. The van der Waals surface area contributed by atoms with E-state index in [1.807, 2.05) is 25.7 Å². The number of likely N-dealkylation sites (tertiary alicyclic amines) is 1. The molecule has 0 aliphatic carbocycles. The quantitative estimate of drug-likeness (QED) is 0.127. The number of piperidine rings is 1. The van der Waals surface area contributed by atoms with Crippen LogP contribution in [-0.4, -0.2) is 61.1 Å².